The summed E-state index contributed by atoms with van der Waals surface area (Å²) >= 11 is 1.92. The molecule has 2 saturated heterocycles. The van der Waals surface area contributed by atoms with Crippen LogP contribution in [0.5, 0.6) is 0 Å². The second kappa shape index (κ2) is 10.6. The molecule has 11 heteroatoms. The number of aryl methyl sites for hydroxylation is 1. The third kappa shape index (κ3) is 6.88. The Morgan fingerprint density at radius 1 is 1.25 bits per heavy atom. The van der Waals surface area contributed by atoms with Gasteiger partial charge in [-0.25, -0.2) is 14.8 Å². The number of halogens is 3. The summed E-state index contributed by atoms with van der Waals surface area (Å²) in [5, 5.41) is 7.12. The van der Waals surface area contributed by atoms with Crippen LogP contribution in [0.1, 0.15) is 22.6 Å². The molecule has 1 unspecified atom stereocenters. The van der Waals surface area contributed by atoms with E-state index in [2.05, 4.69) is 38.8 Å². The predicted molar refractivity (Wildman–Crippen MR) is 115 cm³/mol. The maximum absolute atomic E-state index is 10.6. The summed E-state index contributed by atoms with van der Waals surface area (Å²) in [5.41, 5.74) is 1.31. The second-order valence-corrected chi connectivity index (χ2v) is 9.57. The minimum absolute atomic E-state index is 0.205. The maximum Gasteiger partial charge on any atom is 0.490 e. The number of anilines is 1. The van der Waals surface area contributed by atoms with Gasteiger partial charge >= 0.3 is 12.1 Å². The average molecular weight is 473 g/mol. The van der Waals surface area contributed by atoms with Crippen LogP contribution in [0.15, 0.2) is 30.9 Å². The lowest BCUT2D eigenvalue weighted by Crippen LogP contribution is -2.50. The number of ether oxygens (including phenoxy) is 1. The fourth-order valence-corrected chi connectivity index (χ4v) is 5.08. The smallest absolute Gasteiger partial charge is 0.475 e. The van der Waals surface area contributed by atoms with E-state index in [1.54, 1.807) is 6.33 Å². The van der Waals surface area contributed by atoms with Gasteiger partial charge in [0.2, 0.25) is 0 Å². The molecule has 2 aromatic heterocycles. The minimum Gasteiger partial charge on any atom is -0.475 e. The van der Waals surface area contributed by atoms with Crippen LogP contribution in [-0.4, -0.2) is 71.5 Å². The fourth-order valence-electron chi connectivity index (χ4n) is 4.15. The normalized spacial score (nSPS) is 22.2. The Balaban J connectivity index is 0.000000360. The molecule has 2 aromatic rings. The second-order valence-electron chi connectivity index (χ2n) is 8.20. The van der Waals surface area contributed by atoms with Crippen LogP contribution in [0.2, 0.25) is 0 Å². The van der Waals surface area contributed by atoms with Crippen molar-refractivity contribution in [2.24, 2.45) is 5.41 Å². The molecule has 1 atom stereocenters. The fraction of sp³-hybridized carbons (Fsp3) is 0.571. The van der Waals surface area contributed by atoms with E-state index in [1.807, 2.05) is 23.7 Å². The van der Waals surface area contributed by atoms with Crippen molar-refractivity contribution in [3.8, 4) is 0 Å². The van der Waals surface area contributed by atoms with Crippen LogP contribution < -0.4 is 4.90 Å². The first-order chi connectivity index (χ1) is 15.2. The summed E-state index contributed by atoms with van der Waals surface area (Å²) in [7, 11) is 0. The van der Waals surface area contributed by atoms with Crippen LogP contribution in [0.25, 0.3) is 0 Å². The summed E-state index contributed by atoms with van der Waals surface area (Å²) in [6, 6.07) is 4.50. The molecule has 4 heterocycles. The molecule has 0 aliphatic carbocycles. The van der Waals surface area contributed by atoms with Crippen molar-refractivity contribution in [1.29, 1.82) is 0 Å². The molecule has 1 N–H and O–H groups in total. The Morgan fingerprint density at radius 3 is 2.59 bits per heavy atom. The third-order valence-corrected chi connectivity index (χ3v) is 6.50. The Morgan fingerprint density at radius 2 is 1.97 bits per heavy atom. The number of thiophene rings is 1. The molecule has 1 spiro atoms. The lowest BCUT2D eigenvalue weighted by atomic mass is 9.80. The maximum atomic E-state index is 10.6. The van der Waals surface area contributed by atoms with Crippen molar-refractivity contribution in [1.82, 2.24) is 14.9 Å². The molecular weight excluding hydrogens is 445 g/mol. The van der Waals surface area contributed by atoms with Gasteiger partial charge in [-0.1, -0.05) is 0 Å². The standard InChI is InChI=1S/C19H26N4OS.C2HF3O2/c1-16-3-4-18(25-16)11-22-6-2-5-19(12-22)13-23(7-8-24-14-19)17-9-20-15-21-10-17;3-2(4,5)1(6)7/h3-4,9-10,15H,2,5-8,11-14H2,1H3;(H,6,7). The molecule has 2 fully saturated rings. The highest BCUT2D eigenvalue weighted by Gasteiger charge is 2.39. The van der Waals surface area contributed by atoms with Crippen LogP contribution in [0.3, 0.4) is 0 Å². The van der Waals surface area contributed by atoms with Crippen molar-refractivity contribution in [2.75, 3.05) is 44.3 Å². The molecule has 0 radical (unpaired) electrons. The molecular formula is C21H27F3N4O3S. The monoisotopic (exact) mass is 472 g/mol. The van der Waals surface area contributed by atoms with Gasteiger partial charge in [-0.15, -0.1) is 11.3 Å². The Bertz CT molecular complexity index is 881. The molecule has 4 rings (SSSR count). The number of carbonyl (C=O) groups is 1. The summed E-state index contributed by atoms with van der Waals surface area (Å²) < 4.78 is 37.8. The summed E-state index contributed by atoms with van der Waals surface area (Å²) in [4.78, 5) is 25.2. The summed E-state index contributed by atoms with van der Waals surface area (Å²) in [5.74, 6) is -2.76. The van der Waals surface area contributed by atoms with E-state index in [0.29, 0.717) is 0 Å². The van der Waals surface area contributed by atoms with Crippen LogP contribution in [-0.2, 0) is 16.1 Å². The highest BCUT2D eigenvalue weighted by Crippen LogP contribution is 2.35. The van der Waals surface area contributed by atoms with Gasteiger partial charge in [0.25, 0.3) is 0 Å². The molecule has 7 nitrogen and oxygen atoms in total. The molecule has 176 valence electrons. The van der Waals surface area contributed by atoms with E-state index in [9.17, 15) is 13.2 Å². The Labute approximate surface area is 188 Å². The number of hydrogen-bond acceptors (Lipinski definition) is 7. The van der Waals surface area contributed by atoms with Gasteiger partial charge in [-0.05, 0) is 38.4 Å². The van der Waals surface area contributed by atoms with E-state index in [0.717, 1.165) is 45.1 Å². The largest absolute Gasteiger partial charge is 0.490 e. The zero-order valence-electron chi connectivity index (χ0n) is 17.8. The van der Waals surface area contributed by atoms with E-state index >= 15 is 0 Å². The number of alkyl halides is 3. The number of hydrogen-bond donors (Lipinski definition) is 1. The van der Waals surface area contributed by atoms with Crippen LogP contribution in [0.4, 0.5) is 18.9 Å². The molecule has 0 bridgehead atoms. The number of rotatable bonds is 3. The van der Waals surface area contributed by atoms with Gasteiger partial charge in [0.05, 0.1) is 31.3 Å². The highest BCUT2D eigenvalue weighted by atomic mass is 32.1. The van der Waals surface area contributed by atoms with Gasteiger partial charge in [0.1, 0.15) is 6.33 Å². The van der Waals surface area contributed by atoms with Crippen molar-refractivity contribution in [3.63, 3.8) is 0 Å². The number of nitrogens with zero attached hydrogens (tertiary/aromatic N) is 4. The summed E-state index contributed by atoms with van der Waals surface area (Å²) in [6.07, 6.45) is 2.82. The lowest BCUT2D eigenvalue weighted by Gasteiger charge is -2.43. The molecule has 0 saturated carbocycles. The predicted octanol–water partition coefficient (Wildman–Crippen LogP) is 3.60. The Kier molecular flexibility index (Phi) is 8.07. The topological polar surface area (TPSA) is 78.8 Å². The van der Waals surface area contributed by atoms with Gasteiger partial charge in [-0.3, -0.25) is 4.90 Å². The Hall–Kier alpha value is -2.24. The number of carboxylic acid groups (broad SMARTS) is 1. The molecule has 0 aromatic carbocycles. The van der Waals surface area contributed by atoms with E-state index in [1.165, 1.54) is 29.1 Å². The average Bonchev–Trinajstić information content (AvgIpc) is 3.04. The van der Waals surface area contributed by atoms with E-state index in [-0.39, 0.29) is 5.41 Å². The zero-order valence-corrected chi connectivity index (χ0v) is 18.7. The number of carboxylic acids is 1. The van der Waals surface area contributed by atoms with E-state index in [4.69, 9.17) is 14.6 Å². The van der Waals surface area contributed by atoms with Crippen molar-refractivity contribution in [3.05, 3.63) is 40.6 Å². The SMILES string of the molecule is Cc1ccc(CN2CCCC3(COCCN(c4cncnc4)C3)C2)s1.O=C(O)C(F)(F)F. The van der Waals surface area contributed by atoms with Gasteiger partial charge in [0.15, 0.2) is 0 Å². The van der Waals surface area contributed by atoms with E-state index < -0.39 is 12.1 Å². The third-order valence-electron chi connectivity index (χ3n) is 5.51. The number of piperidine rings is 1. The first-order valence-corrected chi connectivity index (χ1v) is 11.1. The number of aromatic nitrogens is 2. The van der Waals surface area contributed by atoms with Crippen LogP contribution in [0, 0.1) is 12.3 Å². The van der Waals surface area contributed by atoms with Crippen molar-refractivity contribution < 1.29 is 27.8 Å². The van der Waals surface area contributed by atoms with Crippen molar-refractivity contribution in [2.45, 2.75) is 32.5 Å². The quantitative estimate of drug-likeness (QED) is 0.731. The van der Waals surface area contributed by atoms with Gasteiger partial charge in [-0.2, -0.15) is 13.2 Å². The first kappa shape index (κ1) is 24.4. The van der Waals surface area contributed by atoms with Gasteiger partial charge in [0, 0.05) is 41.3 Å². The molecule has 0 amide bonds. The molecule has 32 heavy (non-hydrogen) atoms. The zero-order chi connectivity index (χ0) is 23.2. The summed E-state index contributed by atoms with van der Waals surface area (Å²) in [6.45, 7) is 9.12. The highest BCUT2D eigenvalue weighted by molar-refractivity contribution is 7.11. The van der Waals surface area contributed by atoms with Crippen LogP contribution >= 0.6 is 11.3 Å². The van der Waals surface area contributed by atoms with Crippen molar-refractivity contribution >= 4 is 23.0 Å². The number of aliphatic carboxylic acids is 1. The minimum atomic E-state index is -5.08. The molecule has 2 aliphatic rings. The lowest BCUT2D eigenvalue weighted by molar-refractivity contribution is -0.192. The first-order valence-electron chi connectivity index (χ1n) is 10.3. The molecule has 2 aliphatic heterocycles. The van der Waals surface area contributed by atoms with Gasteiger partial charge < -0.3 is 14.7 Å². The number of likely N-dealkylation sites (tertiary alicyclic amines) is 1.